The Hall–Kier alpha value is -2.00. The lowest BCUT2D eigenvalue weighted by molar-refractivity contribution is -0.0747. The first kappa shape index (κ1) is 12.7. The Balaban J connectivity index is 1.69. The Morgan fingerprint density at radius 2 is 1.86 bits per heavy atom. The van der Waals surface area contributed by atoms with E-state index in [2.05, 4.69) is 48.6 Å². The van der Waals surface area contributed by atoms with Gasteiger partial charge in [-0.15, -0.1) is 0 Å². The average Bonchev–Trinajstić information content (AvgIpc) is 2.97. The van der Waals surface area contributed by atoms with E-state index in [9.17, 15) is 0 Å². The van der Waals surface area contributed by atoms with E-state index in [0.29, 0.717) is 5.92 Å². The fourth-order valence-corrected chi connectivity index (χ4v) is 3.24. The van der Waals surface area contributed by atoms with Crippen molar-refractivity contribution < 1.29 is 9.47 Å². The summed E-state index contributed by atoms with van der Waals surface area (Å²) in [6, 6.07) is 17.0. The number of aryl methyl sites for hydroxylation is 1. The van der Waals surface area contributed by atoms with E-state index in [0.717, 1.165) is 24.5 Å². The molecule has 1 fully saturated rings. The Morgan fingerprint density at radius 3 is 2.71 bits per heavy atom. The van der Waals surface area contributed by atoms with Crippen molar-refractivity contribution in [3.8, 4) is 5.75 Å². The molecule has 0 amide bonds. The molecule has 2 aliphatic heterocycles. The zero-order valence-electron chi connectivity index (χ0n) is 12.1. The predicted molar refractivity (Wildman–Crippen MR) is 82.5 cm³/mol. The third-order valence-electron chi connectivity index (χ3n) is 4.38. The first-order chi connectivity index (χ1) is 10.3. The topological polar surface area (TPSA) is 30.5 Å². The molecule has 0 bridgehead atoms. The van der Waals surface area contributed by atoms with Crippen LogP contribution in [0, 0.1) is 12.8 Å². The molecule has 0 radical (unpaired) electrons. The molecular formula is C18H19NO2. The van der Waals surface area contributed by atoms with Crippen LogP contribution in [0.4, 0.5) is 5.69 Å². The second-order valence-electron chi connectivity index (χ2n) is 5.84. The first-order valence-corrected chi connectivity index (χ1v) is 7.52. The molecule has 2 aliphatic rings. The van der Waals surface area contributed by atoms with Gasteiger partial charge in [0.05, 0.1) is 12.6 Å². The van der Waals surface area contributed by atoms with Crippen LogP contribution < -0.4 is 10.1 Å². The third-order valence-corrected chi connectivity index (χ3v) is 4.38. The summed E-state index contributed by atoms with van der Waals surface area (Å²) in [5.41, 5.74) is 3.65. The van der Waals surface area contributed by atoms with Crippen molar-refractivity contribution >= 4 is 5.69 Å². The van der Waals surface area contributed by atoms with Crippen LogP contribution in [0.3, 0.4) is 0 Å². The van der Waals surface area contributed by atoms with Crippen molar-refractivity contribution in [3.05, 3.63) is 59.7 Å². The summed E-state index contributed by atoms with van der Waals surface area (Å²) in [6.07, 6.45) is 0.908. The summed E-state index contributed by atoms with van der Waals surface area (Å²) in [4.78, 5) is 0. The van der Waals surface area contributed by atoms with Gasteiger partial charge in [0, 0.05) is 17.2 Å². The second-order valence-corrected chi connectivity index (χ2v) is 5.84. The number of hydrogen-bond donors (Lipinski definition) is 1. The number of fused-ring (bicyclic) bond motifs is 2. The van der Waals surface area contributed by atoms with E-state index in [1.807, 2.05) is 12.1 Å². The Bertz CT molecular complexity index is 638. The largest absolute Gasteiger partial charge is 0.464 e. The fourth-order valence-electron chi connectivity index (χ4n) is 3.24. The van der Waals surface area contributed by atoms with Gasteiger partial charge in [0.1, 0.15) is 5.75 Å². The van der Waals surface area contributed by atoms with Crippen LogP contribution in [0.1, 0.15) is 23.6 Å². The molecule has 0 aliphatic carbocycles. The van der Waals surface area contributed by atoms with Gasteiger partial charge in [-0.3, -0.25) is 0 Å². The molecule has 2 aromatic carbocycles. The summed E-state index contributed by atoms with van der Waals surface area (Å²) in [5.74, 6) is 1.30. The monoisotopic (exact) mass is 281 g/mol. The molecular weight excluding hydrogens is 262 g/mol. The van der Waals surface area contributed by atoms with Crippen molar-refractivity contribution in [3.63, 3.8) is 0 Å². The zero-order valence-corrected chi connectivity index (χ0v) is 12.1. The second kappa shape index (κ2) is 5.08. The van der Waals surface area contributed by atoms with E-state index in [1.165, 1.54) is 11.1 Å². The smallest absolute Gasteiger partial charge is 0.205 e. The Morgan fingerprint density at radius 1 is 1.05 bits per heavy atom. The fraction of sp³-hybridized carbons (Fsp3) is 0.333. The number of ether oxygens (including phenoxy) is 2. The van der Waals surface area contributed by atoms with Crippen LogP contribution in [-0.4, -0.2) is 12.9 Å². The highest BCUT2D eigenvalue weighted by Crippen LogP contribution is 2.44. The molecule has 21 heavy (non-hydrogen) atoms. The van der Waals surface area contributed by atoms with Crippen molar-refractivity contribution in [1.29, 1.82) is 0 Å². The van der Waals surface area contributed by atoms with Crippen molar-refractivity contribution in [2.75, 3.05) is 11.9 Å². The molecule has 3 atom stereocenters. The molecule has 0 saturated carbocycles. The van der Waals surface area contributed by atoms with E-state index >= 15 is 0 Å². The highest BCUT2D eigenvalue weighted by Gasteiger charge is 2.42. The van der Waals surface area contributed by atoms with Crippen LogP contribution >= 0.6 is 0 Å². The van der Waals surface area contributed by atoms with Gasteiger partial charge in [-0.1, -0.05) is 35.9 Å². The van der Waals surface area contributed by atoms with Gasteiger partial charge in [0.2, 0.25) is 6.29 Å². The minimum Gasteiger partial charge on any atom is -0.464 e. The summed E-state index contributed by atoms with van der Waals surface area (Å²) in [7, 11) is 0. The lowest BCUT2D eigenvalue weighted by Gasteiger charge is -2.35. The Kier molecular flexibility index (Phi) is 3.08. The number of rotatable bonds is 2. The van der Waals surface area contributed by atoms with E-state index in [-0.39, 0.29) is 12.3 Å². The molecule has 2 heterocycles. The summed E-state index contributed by atoms with van der Waals surface area (Å²) in [6.45, 7) is 2.88. The van der Waals surface area contributed by atoms with Gasteiger partial charge in [0.25, 0.3) is 0 Å². The minimum atomic E-state index is -0.122. The van der Waals surface area contributed by atoms with E-state index in [4.69, 9.17) is 9.47 Å². The molecule has 2 aromatic rings. The number of benzene rings is 2. The SMILES string of the molecule is Cc1ccc(N[C@H]2c3ccccc3O[C@@H]3OCC[C@@H]32)cc1. The molecule has 1 saturated heterocycles. The lowest BCUT2D eigenvalue weighted by Crippen LogP contribution is -2.36. The number of hydrogen-bond acceptors (Lipinski definition) is 3. The molecule has 0 unspecified atom stereocenters. The molecule has 4 rings (SSSR count). The summed E-state index contributed by atoms with van der Waals surface area (Å²) in [5, 5.41) is 3.68. The quantitative estimate of drug-likeness (QED) is 0.905. The molecule has 108 valence electrons. The van der Waals surface area contributed by atoms with Crippen LogP contribution in [0.5, 0.6) is 5.75 Å². The third kappa shape index (κ3) is 2.28. The Labute approximate surface area is 124 Å². The van der Waals surface area contributed by atoms with Gasteiger partial charge < -0.3 is 14.8 Å². The molecule has 3 heteroatoms. The van der Waals surface area contributed by atoms with Crippen LogP contribution in [0.2, 0.25) is 0 Å². The van der Waals surface area contributed by atoms with Crippen molar-refractivity contribution in [1.82, 2.24) is 0 Å². The molecule has 3 nitrogen and oxygen atoms in total. The van der Waals surface area contributed by atoms with Gasteiger partial charge >= 0.3 is 0 Å². The van der Waals surface area contributed by atoms with Crippen LogP contribution in [0.15, 0.2) is 48.5 Å². The van der Waals surface area contributed by atoms with E-state index in [1.54, 1.807) is 0 Å². The van der Waals surface area contributed by atoms with Crippen molar-refractivity contribution in [2.24, 2.45) is 5.92 Å². The van der Waals surface area contributed by atoms with Gasteiger partial charge in [-0.2, -0.15) is 0 Å². The molecule has 1 N–H and O–H groups in total. The number of para-hydroxylation sites is 1. The standard InChI is InChI=1S/C18H19NO2/c1-12-6-8-13(9-7-12)19-17-14-4-2-3-5-16(14)21-18-15(17)10-11-20-18/h2-9,15,17-19H,10-11H2,1H3/t15-,17+,18+/m1/s1. The summed E-state index contributed by atoms with van der Waals surface area (Å²) < 4.78 is 11.7. The molecule has 0 spiro atoms. The average molecular weight is 281 g/mol. The van der Waals surface area contributed by atoms with Crippen LogP contribution in [0.25, 0.3) is 0 Å². The van der Waals surface area contributed by atoms with Gasteiger partial charge in [-0.25, -0.2) is 0 Å². The summed E-state index contributed by atoms with van der Waals surface area (Å²) >= 11 is 0. The zero-order chi connectivity index (χ0) is 14.2. The van der Waals surface area contributed by atoms with Gasteiger partial charge in [0.15, 0.2) is 0 Å². The first-order valence-electron chi connectivity index (χ1n) is 7.52. The normalized spacial score (nSPS) is 26.6. The lowest BCUT2D eigenvalue weighted by atomic mass is 9.88. The maximum Gasteiger partial charge on any atom is 0.205 e. The van der Waals surface area contributed by atoms with Crippen molar-refractivity contribution in [2.45, 2.75) is 25.7 Å². The molecule has 0 aromatic heterocycles. The number of anilines is 1. The van der Waals surface area contributed by atoms with Crippen LogP contribution in [-0.2, 0) is 4.74 Å². The van der Waals surface area contributed by atoms with Gasteiger partial charge in [-0.05, 0) is 31.5 Å². The number of nitrogens with one attached hydrogen (secondary N) is 1. The van der Waals surface area contributed by atoms with E-state index < -0.39 is 0 Å². The maximum atomic E-state index is 5.98. The maximum absolute atomic E-state index is 5.98. The highest BCUT2D eigenvalue weighted by molar-refractivity contribution is 5.50. The predicted octanol–water partition coefficient (Wildman–Crippen LogP) is 3.90. The highest BCUT2D eigenvalue weighted by atomic mass is 16.7. The minimum absolute atomic E-state index is 0.122.